The zero-order valence-electron chi connectivity index (χ0n) is 13.4. The first kappa shape index (κ1) is 16.1. The number of nitrogens with zero attached hydrogens (tertiary/aromatic N) is 2. The van der Waals surface area contributed by atoms with Gasteiger partial charge in [0.2, 0.25) is 0 Å². The van der Waals surface area contributed by atoms with Crippen LogP contribution in [-0.2, 0) is 6.54 Å². The van der Waals surface area contributed by atoms with Crippen molar-refractivity contribution in [2.75, 3.05) is 0 Å². The molecule has 0 aromatic carbocycles. The molecule has 0 bridgehead atoms. The lowest BCUT2D eigenvalue weighted by atomic mass is 9.97. The number of carbonyl (C=O) groups excluding carboxylic acids is 1. The molecule has 2 atom stereocenters. The first-order valence-corrected chi connectivity index (χ1v) is 9.18. The van der Waals surface area contributed by atoms with Crippen LogP contribution in [0.1, 0.15) is 43.5 Å². The minimum Gasteiger partial charge on any atom is -0.334 e. The average Bonchev–Trinajstić information content (AvgIpc) is 3.27. The van der Waals surface area contributed by atoms with Crippen LogP contribution in [0.5, 0.6) is 0 Å². The van der Waals surface area contributed by atoms with Crippen molar-refractivity contribution in [3.63, 3.8) is 0 Å². The zero-order chi connectivity index (χ0) is 16.1. The Bertz CT molecular complexity index is 590. The maximum Gasteiger partial charge on any atom is 0.315 e. The number of carbonyl (C=O) groups is 1. The second kappa shape index (κ2) is 7.64. The topological polar surface area (TPSA) is 59.0 Å². The number of nitrogens with one attached hydrogen (secondary N) is 2. The summed E-state index contributed by atoms with van der Waals surface area (Å²) in [4.78, 5) is 13.7. The monoisotopic (exact) mass is 332 g/mol. The van der Waals surface area contributed by atoms with Gasteiger partial charge in [0, 0.05) is 23.3 Å². The molecule has 2 aromatic heterocycles. The number of amides is 2. The Morgan fingerprint density at radius 3 is 2.87 bits per heavy atom. The maximum absolute atomic E-state index is 12.4. The van der Waals surface area contributed by atoms with Crippen molar-refractivity contribution in [2.45, 2.75) is 51.2 Å². The van der Waals surface area contributed by atoms with Gasteiger partial charge in [0.15, 0.2) is 0 Å². The van der Waals surface area contributed by atoms with Crippen molar-refractivity contribution in [2.24, 2.45) is 5.92 Å². The molecule has 2 aromatic rings. The Kier molecular flexibility index (Phi) is 5.33. The second-order valence-electron chi connectivity index (χ2n) is 6.28. The molecule has 0 spiro atoms. The fourth-order valence-corrected chi connectivity index (χ4v) is 4.19. The van der Waals surface area contributed by atoms with Crippen LogP contribution in [0.3, 0.4) is 0 Å². The third-order valence-corrected chi connectivity index (χ3v) is 5.36. The molecule has 1 aliphatic carbocycles. The summed E-state index contributed by atoms with van der Waals surface area (Å²) in [5.74, 6) is 0.556. The molecule has 0 saturated heterocycles. The highest BCUT2D eigenvalue weighted by molar-refractivity contribution is 7.10. The first-order chi connectivity index (χ1) is 11.2. The van der Waals surface area contributed by atoms with Crippen molar-refractivity contribution in [1.29, 1.82) is 0 Å². The molecular formula is C17H24N4OS. The summed E-state index contributed by atoms with van der Waals surface area (Å²) in [5, 5.41) is 12.5. The van der Waals surface area contributed by atoms with Gasteiger partial charge in [0.25, 0.3) is 0 Å². The molecule has 6 heteroatoms. The van der Waals surface area contributed by atoms with E-state index in [1.165, 1.54) is 30.6 Å². The second-order valence-corrected chi connectivity index (χ2v) is 7.26. The highest BCUT2D eigenvalue weighted by atomic mass is 32.1. The first-order valence-electron chi connectivity index (χ1n) is 8.30. The van der Waals surface area contributed by atoms with Gasteiger partial charge in [-0.15, -0.1) is 11.3 Å². The molecule has 2 amide bonds. The Morgan fingerprint density at radius 2 is 2.22 bits per heavy atom. The third kappa shape index (κ3) is 4.34. The number of hydrogen-bond acceptors (Lipinski definition) is 3. The fraction of sp³-hybridized carbons (Fsp3) is 0.529. The van der Waals surface area contributed by atoms with E-state index in [9.17, 15) is 4.79 Å². The molecule has 124 valence electrons. The van der Waals surface area contributed by atoms with Crippen molar-refractivity contribution in [3.05, 3.63) is 40.8 Å². The number of aromatic nitrogens is 2. The van der Waals surface area contributed by atoms with Gasteiger partial charge in [-0.25, -0.2) is 4.79 Å². The summed E-state index contributed by atoms with van der Waals surface area (Å²) in [5.41, 5.74) is 0. The van der Waals surface area contributed by atoms with Crippen LogP contribution in [0.2, 0.25) is 0 Å². The Balaban J connectivity index is 1.57. The Labute approximate surface area is 141 Å². The van der Waals surface area contributed by atoms with Crippen molar-refractivity contribution < 1.29 is 4.79 Å². The van der Waals surface area contributed by atoms with Gasteiger partial charge in [-0.1, -0.05) is 18.9 Å². The lowest BCUT2D eigenvalue weighted by Crippen LogP contribution is -2.45. The van der Waals surface area contributed by atoms with E-state index in [1.807, 2.05) is 23.9 Å². The van der Waals surface area contributed by atoms with E-state index < -0.39 is 0 Å². The third-order valence-electron chi connectivity index (χ3n) is 4.41. The summed E-state index contributed by atoms with van der Waals surface area (Å²) in [6.07, 6.45) is 8.59. The molecular weight excluding hydrogens is 308 g/mol. The molecule has 2 N–H and O–H groups in total. The minimum absolute atomic E-state index is 0.0301. The van der Waals surface area contributed by atoms with E-state index in [1.54, 1.807) is 17.5 Å². The molecule has 3 rings (SSSR count). The van der Waals surface area contributed by atoms with Crippen molar-refractivity contribution in [3.8, 4) is 0 Å². The van der Waals surface area contributed by atoms with E-state index in [0.717, 1.165) is 0 Å². The maximum atomic E-state index is 12.4. The Morgan fingerprint density at radius 1 is 1.39 bits per heavy atom. The van der Waals surface area contributed by atoms with E-state index in [4.69, 9.17) is 0 Å². The van der Waals surface area contributed by atoms with Crippen molar-refractivity contribution in [1.82, 2.24) is 20.4 Å². The lowest BCUT2D eigenvalue weighted by molar-refractivity contribution is 0.227. The van der Waals surface area contributed by atoms with Crippen LogP contribution in [0, 0.1) is 5.92 Å². The molecule has 1 fully saturated rings. The predicted octanol–water partition coefficient (Wildman–Crippen LogP) is 3.56. The molecule has 0 aliphatic heterocycles. The molecule has 5 nitrogen and oxygen atoms in total. The quantitative estimate of drug-likeness (QED) is 0.849. The fourth-order valence-electron chi connectivity index (χ4n) is 3.32. The largest absolute Gasteiger partial charge is 0.334 e. The molecule has 23 heavy (non-hydrogen) atoms. The van der Waals surface area contributed by atoms with Crippen LogP contribution >= 0.6 is 11.3 Å². The van der Waals surface area contributed by atoms with Crippen LogP contribution < -0.4 is 10.6 Å². The number of hydrogen-bond donors (Lipinski definition) is 2. The highest BCUT2D eigenvalue weighted by Crippen LogP contribution is 2.37. The van der Waals surface area contributed by atoms with Gasteiger partial charge in [0.1, 0.15) is 0 Å². The van der Waals surface area contributed by atoms with Gasteiger partial charge in [-0.2, -0.15) is 5.10 Å². The summed E-state index contributed by atoms with van der Waals surface area (Å²) >= 11 is 1.73. The molecule has 0 unspecified atom stereocenters. The van der Waals surface area contributed by atoms with Gasteiger partial charge < -0.3 is 10.6 Å². The van der Waals surface area contributed by atoms with Gasteiger partial charge >= 0.3 is 6.03 Å². The van der Waals surface area contributed by atoms with E-state index in [0.29, 0.717) is 12.5 Å². The summed E-state index contributed by atoms with van der Waals surface area (Å²) < 4.78 is 1.83. The van der Waals surface area contributed by atoms with Gasteiger partial charge in [0.05, 0.1) is 12.6 Å². The average molecular weight is 332 g/mol. The number of thiophene rings is 1. The minimum atomic E-state index is -0.0880. The number of urea groups is 1. The van der Waals surface area contributed by atoms with Crippen LogP contribution in [0.15, 0.2) is 36.0 Å². The molecule has 2 heterocycles. The summed E-state index contributed by atoms with van der Waals surface area (Å²) in [6, 6.07) is 6.15. The van der Waals surface area contributed by atoms with Gasteiger partial charge in [-0.05, 0) is 43.2 Å². The van der Waals surface area contributed by atoms with Gasteiger partial charge in [-0.3, -0.25) is 4.68 Å². The van der Waals surface area contributed by atoms with Crippen LogP contribution in [-0.4, -0.2) is 21.9 Å². The standard InChI is InChI=1S/C17H24N4OS/c1-13(12-21-10-5-9-18-21)19-17(22)20-16(14-6-2-3-7-14)15-8-4-11-23-15/h4-5,8-11,13-14,16H,2-3,6-7,12H2,1H3,(H2,19,20,22)/t13-,16-/m1/s1. The van der Waals surface area contributed by atoms with Crippen LogP contribution in [0.4, 0.5) is 4.79 Å². The van der Waals surface area contributed by atoms with E-state index >= 15 is 0 Å². The zero-order valence-corrected chi connectivity index (χ0v) is 14.3. The number of rotatable bonds is 6. The van der Waals surface area contributed by atoms with Crippen molar-refractivity contribution >= 4 is 17.4 Å². The van der Waals surface area contributed by atoms with E-state index in [2.05, 4.69) is 33.2 Å². The van der Waals surface area contributed by atoms with Crippen LogP contribution in [0.25, 0.3) is 0 Å². The Hall–Kier alpha value is -1.82. The molecule has 1 saturated carbocycles. The summed E-state index contributed by atoms with van der Waals surface area (Å²) in [6.45, 7) is 2.67. The highest BCUT2D eigenvalue weighted by Gasteiger charge is 2.28. The SMILES string of the molecule is C[C@H](Cn1cccn1)NC(=O)N[C@@H](c1cccs1)C1CCCC1. The normalized spacial score (nSPS) is 17.8. The predicted molar refractivity (Wildman–Crippen MR) is 92.4 cm³/mol. The molecule has 0 radical (unpaired) electrons. The molecule has 1 aliphatic rings. The lowest BCUT2D eigenvalue weighted by Gasteiger charge is -2.25. The summed E-state index contributed by atoms with van der Waals surface area (Å²) in [7, 11) is 0. The smallest absolute Gasteiger partial charge is 0.315 e. The van der Waals surface area contributed by atoms with E-state index in [-0.39, 0.29) is 18.1 Å².